The summed E-state index contributed by atoms with van der Waals surface area (Å²) in [6.07, 6.45) is 6.82. The van der Waals surface area contributed by atoms with Gasteiger partial charge >= 0.3 is 51.4 Å². The molecule has 2 rings (SSSR count). The Hall–Kier alpha value is 0.846. The van der Waals surface area contributed by atoms with Crippen LogP contribution < -0.4 is 9.47 Å². The van der Waals surface area contributed by atoms with Gasteiger partial charge in [-0.3, -0.25) is 4.55 Å². The summed E-state index contributed by atoms with van der Waals surface area (Å²) in [6, 6.07) is 0. The van der Waals surface area contributed by atoms with E-state index in [1.165, 1.54) is 0 Å². The van der Waals surface area contributed by atoms with Crippen LogP contribution in [0.4, 0.5) is 0 Å². The van der Waals surface area contributed by atoms with Gasteiger partial charge in [-0.15, -0.1) is 11.3 Å². The molecule has 0 saturated heterocycles. The number of hydrogen-bond donors (Lipinski definition) is 1. The third kappa shape index (κ3) is 8.10. The Morgan fingerprint density at radius 2 is 1.73 bits per heavy atom. The number of thiophene rings is 1. The van der Waals surface area contributed by atoms with Crippen molar-refractivity contribution >= 4 is 72.8 Å². The maximum atomic E-state index is 10.5. The van der Waals surface area contributed by atoms with Gasteiger partial charge < -0.3 is 9.47 Å². The fourth-order valence-electron chi connectivity index (χ4n) is 2.37. The van der Waals surface area contributed by atoms with E-state index in [1.807, 2.05) is 10.8 Å². The number of fused-ring (bicyclic) bond motifs is 1. The Bertz CT molecular complexity index is 529. The van der Waals surface area contributed by atoms with E-state index in [1.54, 1.807) is 11.3 Å². The third-order valence-electron chi connectivity index (χ3n) is 3.49. The van der Waals surface area contributed by atoms with Crippen molar-refractivity contribution in [2.24, 2.45) is 0 Å². The minimum absolute atomic E-state index is 0. The normalized spacial score (nSPS) is 17.0. The molecule has 0 fully saturated rings. The number of unbranched alkanes of at least 4 members (excludes halogenated alkanes) is 5. The van der Waals surface area contributed by atoms with E-state index in [9.17, 15) is 8.42 Å². The fraction of sp³-hybridized carbons (Fsp3) is 0.714. The second-order valence-corrected chi connectivity index (χ2v) is 7.66. The summed E-state index contributed by atoms with van der Waals surface area (Å²) in [6.45, 7) is 0.623. The predicted octanol–water partition coefficient (Wildman–Crippen LogP) is 2.86. The average molecular weight is 375 g/mol. The van der Waals surface area contributed by atoms with E-state index in [0.29, 0.717) is 13.0 Å². The molecule has 0 bridgehead atoms. The minimum atomic E-state index is -3.79. The Balaban J connectivity index is 0.00000242. The van der Waals surface area contributed by atoms with Gasteiger partial charge in [-0.25, -0.2) is 0 Å². The van der Waals surface area contributed by atoms with Crippen molar-refractivity contribution in [2.45, 2.75) is 51.0 Å². The molecule has 1 aliphatic heterocycles. The van der Waals surface area contributed by atoms with Gasteiger partial charge in [0, 0.05) is 10.8 Å². The van der Waals surface area contributed by atoms with Crippen LogP contribution in [-0.4, -0.2) is 82.8 Å². The van der Waals surface area contributed by atoms with Crippen LogP contribution >= 0.6 is 11.3 Å². The molecule has 1 aromatic heterocycles. The topological polar surface area (TPSA) is 72.8 Å². The van der Waals surface area contributed by atoms with Crippen LogP contribution in [0.25, 0.3) is 0 Å². The fourth-order valence-corrected chi connectivity index (χ4v) is 3.61. The van der Waals surface area contributed by atoms with Gasteiger partial charge in [0.15, 0.2) is 11.5 Å². The van der Waals surface area contributed by atoms with Crippen molar-refractivity contribution in [1.82, 2.24) is 0 Å². The van der Waals surface area contributed by atoms with Crippen molar-refractivity contribution in [1.29, 1.82) is 0 Å². The second kappa shape index (κ2) is 10.7. The summed E-state index contributed by atoms with van der Waals surface area (Å²) in [5.74, 6) is 1.60. The van der Waals surface area contributed by atoms with Gasteiger partial charge in [0.05, 0.1) is 5.75 Å². The predicted molar refractivity (Wildman–Crippen MR) is 90.1 cm³/mol. The molecule has 1 unspecified atom stereocenters. The average Bonchev–Trinajstić information content (AvgIpc) is 2.88. The van der Waals surface area contributed by atoms with Crippen LogP contribution in [0.2, 0.25) is 0 Å². The summed E-state index contributed by atoms with van der Waals surface area (Å²) in [5, 5.41) is 3.93. The van der Waals surface area contributed by atoms with E-state index in [0.717, 1.165) is 50.0 Å². The van der Waals surface area contributed by atoms with Gasteiger partial charge in [0.25, 0.3) is 10.1 Å². The van der Waals surface area contributed by atoms with Crippen molar-refractivity contribution in [3.05, 3.63) is 10.8 Å². The van der Waals surface area contributed by atoms with Crippen LogP contribution in [0.3, 0.4) is 0 Å². The Morgan fingerprint density at radius 1 is 1.09 bits per heavy atom. The molecule has 1 aliphatic rings. The van der Waals surface area contributed by atoms with Gasteiger partial charge in [0.1, 0.15) is 12.7 Å². The molecule has 22 heavy (non-hydrogen) atoms. The number of hydrogen-bond acceptors (Lipinski definition) is 5. The standard InChI is InChI=1S/C14H22O5S2.K.H/c15-21(16,17)8-6-4-2-1-3-5-7-12-9-18-13-10-20-11-14(13)19-12;;/h10-12H,1-9H2,(H,15,16,17);;. The van der Waals surface area contributed by atoms with Gasteiger partial charge in [-0.2, -0.15) is 8.42 Å². The van der Waals surface area contributed by atoms with Gasteiger partial charge in [-0.1, -0.05) is 25.7 Å². The van der Waals surface area contributed by atoms with Crippen LogP contribution in [0.5, 0.6) is 11.5 Å². The first-order chi connectivity index (χ1) is 10.0. The third-order valence-corrected chi connectivity index (χ3v) is 4.99. The SMILES string of the molecule is O=S(=O)(O)CCCCCCCCC1COc2cscc2O1.[KH]. The molecule has 0 aromatic carbocycles. The molecule has 5 nitrogen and oxygen atoms in total. The van der Waals surface area contributed by atoms with E-state index in [4.69, 9.17) is 14.0 Å². The second-order valence-electron chi connectivity index (χ2n) is 5.35. The van der Waals surface area contributed by atoms with E-state index in [-0.39, 0.29) is 63.2 Å². The Labute approximate surface area is 178 Å². The number of ether oxygens (including phenoxy) is 2. The first-order valence-electron chi connectivity index (χ1n) is 7.35. The summed E-state index contributed by atoms with van der Waals surface area (Å²) < 4.78 is 41.2. The summed E-state index contributed by atoms with van der Waals surface area (Å²) in [4.78, 5) is 0. The molecule has 0 saturated carbocycles. The van der Waals surface area contributed by atoms with E-state index in [2.05, 4.69) is 0 Å². The van der Waals surface area contributed by atoms with Gasteiger partial charge in [0.2, 0.25) is 0 Å². The molecular formula is C14H23KO5S2. The van der Waals surface area contributed by atoms with Crippen molar-refractivity contribution in [3.63, 3.8) is 0 Å². The van der Waals surface area contributed by atoms with E-state index >= 15 is 0 Å². The summed E-state index contributed by atoms with van der Waals surface area (Å²) >= 11 is 1.59. The molecule has 122 valence electrons. The van der Waals surface area contributed by atoms with Crippen LogP contribution in [-0.2, 0) is 10.1 Å². The van der Waals surface area contributed by atoms with Crippen molar-refractivity contribution < 1.29 is 22.4 Å². The molecular weight excluding hydrogens is 351 g/mol. The molecule has 0 radical (unpaired) electrons. The first kappa shape index (κ1) is 20.9. The zero-order valence-corrected chi connectivity index (χ0v) is 13.6. The van der Waals surface area contributed by atoms with E-state index < -0.39 is 10.1 Å². The van der Waals surface area contributed by atoms with Gasteiger partial charge in [-0.05, 0) is 19.3 Å². The van der Waals surface area contributed by atoms with Crippen molar-refractivity contribution in [2.75, 3.05) is 12.4 Å². The Morgan fingerprint density at radius 3 is 2.45 bits per heavy atom. The van der Waals surface area contributed by atoms with Crippen LogP contribution in [0, 0.1) is 0 Å². The summed E-state index contributed by atoms with van der Waals surface area (Å²) in [7, 11) is -3.79. The molecule has 0 aliphatic carbocycles. The molecule has 1 aromatic rings. The number of rotatable bonds is 9. The molecule has 1 N–H and O–H groups in total. The molecule has 8 heteroatoms. The molecule has 0 spiro atoms. The monoisotopic (exact) mass is 374 g/mol. The maximum absolute atomic E-state index is 10.5. The summed E-state index contributed by atoms with van der Waals surface area (Å²) in [5.41, 5.74) is 0. The van der Waals surface area contributed by atoms with Crippen LogP contribution in [0.1, 0.15) is 44.9 Å². The first-order valence-corrected chi connectivity index (χ1v) is 9.90. The Kier molecular flexibility index (Phi) is 10.1. The molecule has 2 heterocycles. The van der Waals surface area contributed by atoms with Crippen LogP contribution in [0.15, 0.2) is 10.8 Å². The molecule has 0 amide bonds. The quantitative estimate of drug-likeness (QED) is 0.409. The van der Waals surface area contributed by atoms with Crippen molar-refractivity contribution in [3.8, 4) is 11.5 Å². The zero-order chi connectivity index (χ0) is 15.1. The molecule has 1 atom stereocenters. The zero-order valence-electron chi connectivity index (χ0n) is 12.0.